The summed E-state index contributed by atoms with van der Waals surface area (Å²) < 4.78 is 94.2. The van der Waals surface area contributed by atoms with Crippen molar-refractivity contribution in [3.05, 3.63) is 41.2 Å². The van der Waals surface area contributed by atoms with Crippen LogP contribution in [0.5, 0.6) is 0 Å². The van der Waals surface area contributed by atoms with Crippen molar-refractivity contribution in [1.82, 2.24) is 14.3 Å². The van der Waals surface area contributed by atoms with Crippen molar-refractivity contribution >= 4 is 21.6 Å². The van der Waals surface area contributed by atoms with Crippen LogP contribution in [0.2, 0.25) is 0 Å². The molecule has 30 heavy (non-hydrogen) atoms. The number of rotatable bonds is 7. The number of halogens is 5. The number of nitrogens with one attached hydrogen (secondary N) is 2. The molecule has 0 aliphatic carbocycles. The molecule has 0 bridgehead atoms. The number of amides is 1. The summed E-state index contributed by atoms with van der Waals surface area (Å²) in [4.78, 5) is 15.0. The number of alkyl halides is 4. The molecule has 1 atom stereocenters. The molecule has 2 aromatic rings. The third-order valence-corrected chi connectivity index (χ3v) is 5.67. The lowest BCUT2D eigenvalue weighted by molar-refractivity contribution is -0.00490. The highest BCUT2D eigenvalue weighted by Crippen LogP contribution is 2.25. The van der Waals surface area contributed by atoms with Crippen LogP contribution < -0.4 is 10.0 Å². The summed E-state index contributed by atoms with van der Waals surface area (Å²) in [5.74, 6) is -6.02. The van der Waals surface area contributed by atoms with Gasteiger partial charge in [-0.2, -0.15) is 0 Å². The van der Waals surface area contributed by atoms with E-state index in [1.807, 2.05) is 0 Å². The average Bonchev–Trinajstić information content (AvgIpc) is 2.88. The van der Waals surface area contributed by atoms with Gasteiger partial charge in [0.1, 0.15) is 16.3 Å². The largest absolute Gasteiger partial charge is 0.343 e. The number of hydrogen-bond acceptors (Lipinski definition) is 4. The van der Waals surface area contributed by atoms with Gasteiger partial charge in [-0.05, 0) is 26.0 Å². The number of carbonyl (C=O) groups is 1. The van der Waals surface area contributed by atoms with E-state index in [9.17, 15) is 35.2 Å². The highest BCUT2D eigenvalue weighted by Gasteiger charge is 2.36. The molecule has 0 spiro atoms. The van der Waals surface area contributed by atoms with Crippen molar-refractivity contribution in [1.29, 1.82) is 0 Å². The fourth-order valence-corrected chi connectivity index (χ4v) is 3.91. The van der Waals surface area contributed by atoms with Crippen molar-refractivity contribution < 1.29 is 35.2 Å². The van der Waals surface area contributed by atoms with E-state index in [1.54, 1.807) is 4.72 Å². The lowest BCUT2D eigenvalue weighted by Gasteiger charge is -2.20. The highest BCUT2D eigenvalue weighted by atomic mass is 32.2. The minimum absolute atomic E-state index is 0.106. The van der Waals surface area contributed by atoms with E-state index in [1.165, 1.54) is 13.0 Å². The monoisotopic (exact) mass is 454 g/mol. The lowest BCUT2D eigenvalue weighted by atomic mass is 10.2. The van der Waals surface area contributed by atoms with Gasteiger partial charge in [-0.1, -0.05) is 0 Å². The first kappa shape index (κ1) is 23.7. The normalized spacial score (nSPS) is 13.5. The second-order valence-electron chi connectivity index (χ2n) is 6.74. The maximum atomic E-state index is 14.8. The van der Waals surface area contributed by atoms with Crippen molar-refractivity contribution in [3.63, 3.8) is 0 Å². The predicted molar refractivity (Wildman–Crippen MR) is 97.7 cm³/mol. The molecule has 0 unspecified atom stereocenters. The summed E-state index contributed by atoms with van der Waals surface area (Å²) in [6.45, 7) is 2.80. The van der Waals surface area contributed by atoms with Crippen LogP contribution in [0.25, 0.3) is 0 Å². The molecule has 7 nitrogen and oxygen atoms in total. The predicted octanol–water partition coefficient (Wildman–Crippen LogP) is 3.38. The minimum Gasteiger partial charge on any atom is -0.343 e. The molecule has 0 aliphatic heterocycles. The molecular weight excluding hydrogens is 435 g/mol. The average molecular weight is 454 g/mol. The van der Waals surface area contributed by atoms with Gasteiger partial charge in [-0.15, -0.1) is 0 Å². The Balaban J connectivity index is 2.37. The smallest absolute Gasteiger partial charge is 0.280 e. The summed E-state index contributed by atoms with van der Waals surface area (Å²) in [5.41, 5.74) is -1.29. The number of aromatic nitrogens is 2. The molecule has 13 heteroatoms. The quantitative estimate of drug-likeness (QED) is 0.628. The molecule has 0 radical (unpaired) electrons. The highest BCUT2D eigenvalue weighted by molar-refractivity contribution is 7.89. The van der Waals surface area contributed by atoms with Crippen molar-refractivity contribution in [2.75, 3.05) is 5.32 Å². The van der Waals surface area contributed by atoms with Crippen LogP contribution in [0, 0.1) is 12.7 Å². The van der Waals surface area contributed by atoms with E-state index in [-0.39, 0.29) is 11.4 Å². The van der Waals surface area contributed by atoms with Crippen molar-refractivity contribution in [3.8, 4) is 0 Å². The molecule has 2 N–H and O–H groups in total. The molecule has 166 valence electrons. The third-order valence-electron chi connectivity index (χ3n) is 4.14. The Morgan fingerprint density at radius 1 is 1.27 bits per heavy atom. The molecule has 0 fully saturated rings. The molecule has 2 heterocycles. The Bertz CT molecular complexity index is 1060. The van der Waals surface area contributed by atoms with Gasteiger partial charge in [0, 0.05) is 31.5 Å². The maximum absolute atomic E-state index is 14.8. The maximum Gasteiger partial charge on any atom is 0.280 e. The number of aryl methyl sites for hydroxylation is 2. The van der Waals surface area contributed by atoms with Gasteiger partial charge in [-0.3, -0.25) is 9.78 Å². The number of hydrogen-bond donors (Lipinski definition) is 2. The third kappa shape index (κ3) is 5.14. The molecule has 0 saturated carbocycles. The van der Waals surface area contributed by atoms with Gasteiger partial charge < -0.3 is 9.88 Å². The Hall–Kier alpha value is -2.54. The fraction of sp³-hybridized carbons (Fsp3) is 0.412. The van der Waals surface area contributed by atoms with E-state index in [0.717, 1.165) is 30.8 Å². The fourth-order valence-electron chi connectivity index (χ4n) is 2.48. The van der Waals surface area contributed by atoms with Gasteiger partial charge in [-0.25, -0.2) is 35.1 Å². The number of pyridine rings is 1. The summed E-state index contributed by atoms with van der Waals surface area (Å²) in [5, 5.41) is 2.20. The van der Waals surface area contributed by atoms with E-state index in [4.69, 9.17) is 0 Å². The zero-order valence-corrected chi connectivity index (χ0v) is 17.1. The van der Waals surface area contributed by atoms with E-state index < -0.39 is 56.4 Å². The van der Waals surface area contributed by atoms with Gasteiger partial charge in [0.15, 0.2) is 5.82 Å². The minimum atomic E-state index is -4.72. The van der Waals surface area contributed by atoms with Crippen LogP contribution in [0.4, 0.5) is 27.6 Å². The zero-order chi connectivity index (χ0) is 23.0. The first-order valence-electron chi connectivity index (χ1n) is 8.46. The molecule has 1 amide bonds. The Morgan fingerprint density at radius 2 is 1.87 bits per heavy atom. The van der Waals surface area contributed by atoms with Gasteiger partial charge in [0.2, 0.25) is 10.0 Å². The van der Waals surface area contributed by atoms with Crippen LogP contribution in [-0.4, -0.2) is 35.8 Å². The molecule has 2 rings (SSSR count). The Kier molecular flexibility index (Phi) is 6.57. The van der Waals surface area contributed by atoms with Crippen molar-refractivity contribution in [2.45, 2.75) is 44.1 Å². The second-order valence-corrected chi connectivity index (χ2v) is 8.43. The van der Waals surface area contributed by atoms with Crippen LogP contribution in [0.15, 0.2) is 23.2 Å². The lowest BCUT2D eigenvalue weighted by Crippen LogP contribution is -2.43. The summed E-state index contributed by atoms with van der Waals surface area (Å²) >= 11 is 0. The van der Waals surface area contributed by atoms with Crippen LogP contribution in [0.3, 0.4) is 0 Å². The van der Waals surface area contributed by atoms with E-state index >= 15 is 0 Å². The van der Waals surface area contributed by atoms with Crippen LogP contribution >= 0.6 is 0 Å². The summed E-state index contributed by atoms with van der Waals surface area (Å²) in [6.07, 6.45) is -2.16. The van der Waals surface area contributed by atoms with Gasteiger partial charge in [0.25, 0.3) is 18.3 Å². The number of nitrogens with zero attached hydrogens (tertiary/aromatic N) is 2. The van der Waals surface area contributed by atoms with Crippen LogP contribution in [-0.2, 0) is 17.1 Å². The SMILES string of the molecule is Cc1cc(NC(=O)c2c(F)c(S(=O)(=O)N[C@H](C)C(C)(F)F)cn2C)cc(C(F)F)n1. The topological polar surface area (TPSA) is 93.1 Å². The Labute approximate surface area is 169 Å². The summed E-state index contributed by atoms with van der Waals surface area (Å²) in [7, 11) is -3.56. The number of anilines is 1. The first-order chi connectivity index (χ1) is 13.6. The molecule has 0 aliphatic rings. The van der Waals surface area contributed by atoms with Gasteiger partial charge in [0.05, 0.1) is 6.04 Å². The van der Waals surface area contributed by atoms with Gasteiger partial charge >= 0.3 is 0 Å². The molecule has 2 aromatic heterocycles. The van der Waals surface area contributed by atoms with E-state index in [0.29, 0.717) is 6.92 Å². The zero-order valence-electron chi connectivity index (χ0n) is 16.3. The van der Waals surface area contributed by atoms with Crippen molar-refractivity contribution in [2.24, 2.45) is 7.05 Å². The number of sulfonamides is 1. The Morgan fingerprint density at radius 3 is 2.40 bits per heavy atom. The standard InChI is InChI=1S/C17H19F5N4O3S/c1-8-5-10(6-11(23-8)15(19)20)24-16(27)14-13(18)12(7-26(14)4)30(28,29)25-9(2)17(3,21)22/h5-7,9,15,25H,1-4H3,(H,23,24,27)/t9-/m1/s1. The first-order valence-corrected chi connectivity index (χ1v) is 9.95. The number of carbonyl (C=O) groups excluding carboxylic acids is 1. The van der Waals surface area contributed by atoms with Crippen LogP contribution in [0.1, 0.15) is 42.1 Å². The molecule has 0 saturated heterocycles. The second kappa shape index (κ2) is 8.30. The summed E-state index contributed by atoms with van der Waals surface area (Å²) in [6, 6.07) is 0.307. The van der Waals surface area contributed by atoms with E-state index in [2.05, 4.69) is 10.3 Å². The molecular formula is C17H19F5N4O3S. The molecule has 0 aromatic carbocycles.